The predicted octanol–water partition coefficient (Wildman–Crippen LogP) is 3.50. The van der Waals surface area contributed by atoms with E-state index in [0.717, 1.165) is 29.9 Å². The van der Waals surface area contributed by atoms with Crippen molar-refractivity contribution in [3.63, 3.8) is 0 Å². The number of aromatic nitrogens is 1. The maximum absolute atomic E-state index is 13.8. The van der Waals surface area contributed by atoms with E-state index in [4.69, 9.17) is 9.47 Å². The lowest BCUT2D eigenvalue weighted by atomic mass is 9.76. The number of likely N-dealkylation sites (N-methyl/N-ethyl adjacent to an activating group) is 1. The van der Waals surface area contributed by atoms with Gasteiger partial charge in [0.1, 0.15) is 5.78 Å². The topological polar surface area (TPSA) is 109 Å². The van der Waals surface area contributed by atoms with Gasteiger partial charge in [0.15, 0.2) is 29.7 Å². The van der Waals surface area contributed by atoms with Crippen molar-refractivity contribution in [3.05, 3.63) is 52.0 Å². The summed E-state index contributed by atoms with van der Waals surface area (Å²) in [5, 5.41) is 10.2. The van der Waals surface area contributed by atoms with Gasteiger partial charge in [0.05, 0.1) is 28.8 Å². The van der Waals surface area contributed by atoms with Gasteiger partial charge in [0.2, 0.25) is 0 Å². The van der Waals surface area contributed by atoms with Crippen LogP contribution in [0.5, 0.6) is 11.5 Å². The molecule has 218 valence electrons. The Labute approximate surface area is 239 Å². The number of carbonyl (C=O) groups is 3. The van der Waals surface area contributed by atoms with Gasteiger partial charge >= 0.3 is 5.97 Å². The highest BCUT2D eigenvalue weighted by Gasteiger charge is 2.45. The number of hydrogen-bond donors (Lipinski definition) is 1. The summed E-state index contributed by atoms with van der Waals surface area (Å²) in [5.74, 6) is -2.71. The maximum Gasteiger partial charge on any atom is 0.304 e. The third-order valence-electron chi connectivity index (χ3n) is 7.87. The summed E-state index contributed by atoms with van der Waals surface area (Å²) < 4.78 is 39.7. The zero-order valence-electron chi connectivity index (χ0n) is 22.9. The predicted molar refractivity (Wildman–Crippen MR) is 148 cm³/mol. The Bertz CT molecular complexity index is 1470. The largest absolute Gasteiger partial charge is 0.493 e. The number of benzene rings is 2. The molecule has 1 N–H and O–H groups in total. The highest BCUT2D eigenvalue weighted by molar-refractivity contribution is 7.18. The van der Waals surface area contributed by atoms with Gasteiger partial charge in [-0.2, -0.15) is 0 Å². The molecule has 0 unspecified atom stereocenters. The zero-order chi connectivity index (χ0) is 29.3. The third-order valence-corrected chi connectivity index (χ3v) is 8.95. The zero-order valence-corrected chi connectivity index (χ0v) is 23.7. The number of amides is 1. The molecule has 0 bridgehead atoms. The Morgan fingerprint density at radius 3 is 2.29 bits per heavy atom. The molecule has 41 heavy (non-hydrogen) atoms. The molecule has 12 heteroatoms. The van der Waals surface area contributed by atoms with E-state index in [-0.39, 0.29) is 44.0 Å². The molecule has 5 rings (SSSR count). The number of fused-ring (bicyclic) bond motifs is 2. The molecule has 1 aromatic heterocycles. The van der Waals surface area contributed by atoms with Crippen LogP contribution >= 0.6 is 11.3 Å². The molecule has 0 radical (unpaired) electrons. The number of carboxylic acid groups (broad SMARTS) is 1. The number of ether oxygens (including phenoxy) is 2. The number of carbonyl (C=O) groups excluding carboxylic acids is 2. The molecule has 0 saturated carbocycles. The number of rotatable bonds is 10. The minimum absolute atomic E-state index is 0.0338. The Balaban J connectivity index is 1.27. The minimum Gasteiger partial charge on any atom is -0.493 e. The lowest BCUT2D eigenvalue weighted by molar-refractivity contribution is -0.144. The maximum atomic E-state index is 13.8. The van der Waals surface area contributed by atoms with E-state index < -0.39 is 29.4 Å². The van der Waals surface area contributed by atoms with Gasteiger partial charge in [-0.25, -0.2) is 13.8 Å². The van der Waals surface area contributed by atoms with Crippen LogP contribution in [0.3, 0.4) is 0 Å². The SMILES string of the molecule is COc1cc2sc(CCC(=O)C3(CC(=O)O)Cc4cc(F)c(F)cc4C3)nc2cc1OCC(=O)N1CCN(C)CC1. The molecule has 1 saturated heterocycles. The van der Waals surface area contributed by atoms with Crippen LogP contribution in [0.1, 0.15) is 29.0 Å². The van der Waals surface area contributed by atoms with E-state index in [1.54, 1.807) is 17.0 Å². The van der Waals surface area contributed by atoms with Crippen LogP contribution in [-0.2, 0) is 33.6 Å². The van der Waals surface area contributed by atoms with Gasteiger partial charge < -0.3 is 24.4 Å². The Morgan fingerprint density at radius 1 is 1.02 bits per heavy atom. The number of Topliss-reactive ketones (excluding diaryl/α,β-unsaturated/α-hetero) is 1. The van der Waals surface area contributed by atoms with Crippen molar-refractivity contribution in [1.29, 1.82) is 0 Å². The van der Waals surface area contributed by atoms with Gasteiger partial charge in [-0.1, -0.05) is 0 Å². The fourth-order valence-corrected chi connectivity index (χ4v) is 6.57. The van der Waals surface area contributed by atoms with Crippen molar-refractivity contribution in [2.75, 3.05) is 46.9 Å². The fraction of sp³-hybridized carbons (Fsp3) is 0.448. The molecule has 1 aliphatic heterocycles. The molecular formula is C29H31F2N3O6S. The van der Waals surface area contributed by atoms with Crippen molar-refractivity contribution < 1.29 is 37.7 Å². The molecule has 0 atom stereocenters. The number of aliphatic carboxylic acids is 1. The highest BCUT2D eigenvalue weighted by atomic mass is 32.1. The number of hydrogen-bond acceptors (Lipinski definition) is 8. The molecule has 2 aliphatic rings. The van der Waals surface area contributed by atoms with E-state index in [2.05, 4.69) is 9.88 Å². The molecule has 3 aromatic rings. The monoisotopic (exact) mass is 587 g/mol. The first kappa shape index (κ1) is 28.9. The second-order valence-corrected chi connectivity index (χ2v) is 11.8. The molecular weight excluding hydrogens is 556 g/mol. The quantitative estimate of drug-likeness (QED) is 0.384. The summed E-state index contributed by atoms with van der Waals surface area (Å²) in [7, 11) is 3.53. The standard InChI is InChI=1S/C29H31F2N3O6S/c1-33-5-7-34(8-6-33)27(36)16-40-23-11-21-24(12-22(23)39-2)41-26(32-21)4-3-25(35)29(15-28(37)38)13-17-9-19(30)20(31)10-18(17)14-29/h9-12H,3-8,13-16H2,1-2H3,(H,37,38). The summed E-state index contributed by atoms with van der Waals surface area (Å²) in [6, 6.07) is 5.59. The lowest BCUT2D eigenvalue weighted by Crippen LogP contribution is -2.48. The van der Waals surface area contributed by atoms with Crippen molar-refractivity contribution in [1.82, 2.24) is 14.8 Å². The van der Waals surface area contributed by atoms with Crippen LogP contribution in [0, 0.1) is 17.0 Å². The van der Waals surface area contributed by atoms with E-state index in [0.29, 0.717) is 46.2 Å². The Hall–Kier alpha value is -3.64. The number of methoxy groups -OCH3 is 1. The molecule has 1 amide bonds. The smallest absolute Gasteiger partial charge is 0.304 e. The summed E-state index contributed by atoms with van der Waals surface area (Å²) >= 11 is 1.38. The average Bonchev–Trinajstić information content (AvgIpc) is 3.50. The summed E-state index contributed by atoms with van der Waals surface area (Å²) in [6.45, 7) is 2.80. The van der Waals surface area contributed by atoms with Crippen LogP contribution in [0.15, 0.2) is 24.3 Å². The first-order valence-corrected chi connectivity index (χ1v) is 14.2. The van der Waals surface area contributed by atoms with Crippen molar-refractivity contribution in [2.45, 2.75) is 32.1 Å². The van der Waals surface area contributed by atoms with Gasteiger partial charge in [-0.15, -0.1) is 11.3 Å². The Kier molecular flexibility index (Phi) is 8.23. The van der Waals surface area contributed by atoms with Gasteiger partial charge in [-0.05, 0) is 43.1 Å². The van der Waals surface area contributed by atoms with E-state index in [1.807, 2.05) is 7.05 Å². The number of nitrogens with zero attached hydrogens (tertiary/aromatic N) is 3. The lowest BCUT2D eigenvalue weighted by Gasteiger charge is -2.32. The fourth-order valence-electron chi connectivity index (χ4n) is 5.60. The first-order valence-electron chi connectivity index (χ1n) is 13.4. The third kappa shape index (κ3) is 6.18. The molecule has 1 fully saturated rings. The summed E-state index contributed by atoms with van der Waals surface area (Å²) in [6.07, 6.45) is -0.00997. The van der Waals surface area contributed by atoms with Crippen LogP contribution < -0.4 is 9.47 Å². The number of halogens is 2. The van der Waals surface area contributed by atoms with Crippen molar-refractivity contribution in [2.24, 2.45) is 5.41 Å². The number of ketones is 1. The number of aryl methyl sites for hydroxylation is 1. The number of piperazine rings is 1. The first-order chi connectivity index (χ1) is 19.6. The van der Waals surface area contributed by atoms with Crippen LogP contribution in [0.4, 0.5) is 8.78 Å². The minimum atomic E-state index is -1.26. The number of carboxylic acids is 1. The van der Waals surface area contributed by atoms with E-state index >= 15 is 0 Å². The summed E-state index contributed by atoms with van der Waals surface area (Å²) in [5.41, 5.74) is 0.291. The average molecular weight is 588 g/mol. The van der Waals surface area contributed by atoms with Crippen molar-refractivity contribution >= 4 is 39.2 Å². The molecule has 9 nitrogen and oxygen atoms in total. The Morgan fingerprint density at radius 2 is 1.68 bits per heavy atom. The number of thiazole rings is 1. The highest BCUT2D eigenvalue weighted by Crippen LogP contribution is 2.43. The van der Waals surface area contributed by atoms with Crippen LogP contribution in [0.25, 0.3) is 10.2 Å². The van der Waals surface area contributed by atoms with Crippen LogP contribution in [0.2, 0.25) is 0 Å². The second kappa shape index (κ2) is 11.7. The van der Waals surface area contributed by atoms with E-state index in [9.17, 15) is 28.3 Å². The van der Waals surface area contributed by atoms with Gasteiger partial charge in [-0.3, -0.25) is 14.4 Å². The van der Waals surface area contributed by atoms with E-state index in [1.165, 1.54) is 18.4 Å². The summed E-state index contributed by atoms with van der Waals surface area (Å²) in [4.78, 5) is 46.3. The van der Waals surface area contributed by atoms with Crippen molar-refractivity contribution in [3.8, 4) is 11.5 Å². The van der Waals surface area contributed by atoms with Gasteiger partial charge in [0, 0.05) is 56.6 Å². The second-order valence-electron chi connectivity index (χ2n) is 10.7. The molecule has 0 spiro atoms. The van der Waals surface area contributed by atoms with Gasteiger partial charge in [0.25, 0.3) is 5.91 Å². The normalized spacial score (nSPS) is 16.5. The molecule has 2 aromatic carbocycles. The molecule has 2 heterocycles. The molecule has 1 aliphatic carbocycles. The van der Waals surface area contributed by atoms with Crippen LogP contribution in [-0.4, -0.2) is 84.5 Å².